The molecule has 5 rings (SSSR count). The van der Waals surface area contributed by atoms with E-state index in [-0.39, 0.29) is 24.0 Å². The molecule has 1 spiro atoms. The first kappa shape index (κ1) is 27.3. The van der Waals surface area contributed by atoms with Gasteiger partial charge in [0.25, 0.3) is 0 Å². The monoisotopic (exact) mass is 571 g/mol. The number of aryl methyl sites for hydroxylation is 1. The van der Waals surface area contributed by atoms with Crippen LogP contribution in [0.1, 0.15) is 61.6 Å². The Morgan fingerprint density at radius 1 is 1.13 bits per heavy atom. The molecule has 0 radical (unpaired) electrons. The number of carboxylic acid groups (broad SMARTS) is 1. The molecule has 6 nitrogen and oxygen atoms in total. The summed E-state index contributed by atoms with van der Waals surface area (Å²) in [6, 6.07) is 8.25. The first-order valence-electron chi connectivity index (χ1n) is 12.7. The standard InChI is InChI=1S/C27H29ClF3NO5S/c1-16(25(33)34)24(18-3-4-18)19-5-2-17-8-9-26(37-22(17)14-19)10-12-32(13-11-26)38(35,36)23-15-20(27(29,30)31)6-7-21(23)28/h2,5-7,14-16,18,24H,3-4,8-13H2,1H3,(H,33,34)/t16-,24?/m0/s1. The highest BCUT2D eigenvalue weighted by atomic mass is 35.5. The number of alkyl halides is 3. The second kappa shape index (κ2) is 9.71. The fourth-order valence-electron chi connectivity index (χ4n) is 5.81. The zero-order valence-electron chi connectivity index (χ0n) is 20.8. The predicted molar refractivity (Wildman–Crippen MR) is 135 cm³/mol. The third kappa shape index (κ3) is 5.14. The highest BCUT2D eigenvalue weighted by Gasteiger charge is 2.44. The molecule has 0 amide bonds. The van der Waals surface area contributed by atoms with Gasteiger partial charge in [0.05, 0.1) is 16.5 Å². The van der Waals surface area contributed by atoms with E-state index in [0.717, 1.165) is 42.5 Å². The minimum Gasteiger partial charge on any atom is -0.487 e. The Kier molecular flexibility index (Phi) is 6.97. The summed E-state index contributed by atoms with van der Waals surface area (Å²) in [6.45, 7) is 1.91. The van der Waals surface area contributed by atoms with Gasteiger partial charge < -0.3 is 9.84 Å². The molecule has 38 heavy (non-hydrogen) atoms. The molecule has 11 heteroatoms. The van der Waals surface area contributed by atoms with Crippen LogP contribution in [-0.4, -0.2) is 42.5 Å². The molecule has 206 valence electrons. The Labute approximate surface area is 224 Å². The van der Waals surface area contributed by atoms with E-state index in [4.69, 9.17) is 16.3 Å². The average Bonchev–Trinajstić information content (AvgIpc) is 3.69. The van der Waals surface area contributed by atoms with E-state index in [1.54, 1.807) is 6.92 Å². The Hall–Kier alpha value is -2.30. The molecule has 2 aromatic carbocycles. The lowest BCUT2D eigenvalue weighted by Gasteiger charge is -2.44. The van der Waals surface area contributed by atoms with Gasteiger partial charge in [-0.25, -0.2) is 8.42 Å². The van der Waals surface area contributed by atoms with E-state index in [9.17, 15) is 31.5 Å². The minimum absolute atomic E-state index is 0.0880. The van der Waals surface area contributed by atoms with Gasteiger partial charge in [0.2, 0.25) is 10.0 Å². The van der Waals surface area contributed by atoms with Gasteiger partial charge in [-0.3, -0.25) is 4.79 Å². The number of benzene rings is 2. The number of hydrogen-bond donors (Lipinski definition) is 1. The molecule has 2 aliphatic heterocycles. The molecule has 1 saturated carbocycles. The van der Waals surface area contributed by atoms with Crippen molar-refractivity contribution in [2.75, 3.05) is 13.1 Å². The van der Waals surface area contributed by atoms with Crippen molar-refractivity contribution in [3.63, 3.8) is 0 Å². The van der Waals surface area contributed by atoms with E-state index in [1.807, 2.05) is 18.2 Å². The van der Waals surface area contributed by atoms with Crippen LogP contribution in [0.4, 0.5) is 13.2 Å². The normalized spacial score (nSPS) is 21.4. The van der Waals surface area contributed by atoms with Crippen molar-refractivity contribution in [2.24, 2.45) is 11.8 Å². The number of piperidine rings is 1. The molecular formula is C27H29ClF3NO5S. The molecule has 2 fully saturated rings. The maximum Gasteiger partial charge on any atom is 0.416 e. The number of carbonyl (C=O) groups is 1. The van der Waals surface area contributed by atoms with Crippen LogP contribution in [-0.2, 0) is 27.4 Å². The van der Waals surface area contributed by atoms with E-state index in [0.29, 0.717) is 37.0 Å². The van der Waals surface area contributed by atoms with Crippen LogP contribution in [0, 0.1) is 11.8 Å². The van der Waals surface area contributed by atoms with Gasteiger partial charge in [0, 0.05) is 25.9 Å². The summed E-state index contributed by atoms with van der Waals surface area (Å²) >= 11 is 6.02. The third-order valence-corrected chi connectivity index (χ3v) is 10.6. The molecule has 2 atom stereocenters. The van der Waals surface area contributed by atoms with Crippen LogP contribution in [0.2, 0.25) is 5.02 Å². The van der Waals surface area contributed by atoms with Crippen molar-refractivity contribution < 1.29 is 36.2 Å². The number of hydrogen-bond acceptors (Lipinski definition) is 4. The molecule has 2 heterocycles. The van der Waals surface area contributed by atoms with Gasteiger partial charge in [0.1, 0.15) is 16.2 Å². The second-order valence-electron chi connectivity index (χ2n) is 10.7. The lowest BCUT2D eigenvalue weighted by molar-refractivity contribution is -0.142. The molecule has 0 bridgehead atoms. The van der Waals surface area contributed by atoms with Gasteiger partial charge >= 0.3 is 12.1 Å². The number of halogens is 4. The number of rotatable bonds is 6. The number of fused-ring (bicyclic) bond motifs is 1. The van der Waals surface area contributed by atoms with Gasteiger partial charge in [0.15, 0.2) is 0 Å². The maximum atomic E-state index is 13.3. The van der Waals surface area contributed by atoms with Crippen molar-refractivity contribution >= 4 is 27.6 Å². The van der Waals surface area contributed by atoms with Crippen molar-refractivity contribution in [2.45, 2.75) is 68.0 Å². The summed E-state index contributed by atoms with van der Waals surface area (Å²) in [4.78, 5) is 11.2. The predicted octanol–water partition coefficient (Wildman–Crippen LogP) is 6.12. The van der Waals surface area contributed by atoms with E-state index < -0.39 is 44.1 Å². The Bertz CT molecular complexity index is 1350. The van der Waals surface area contributed by atoms with Crippen LogP contribution in [0.5, 0.6) is 5.75 Å². The number of ether oxygens (including phenoxy) is 1. The van der Waals surface area contributed by atoms with Gasteiger partial charge in [-0.2, -0.15) is 17.5 Å². The summed E-state index contributed by atoms with van der Waals surface area (Å²) in [5.74, 6) is -0.397. The molecule has 1 saturated heterocycles. The molecule has 1 unspecified atom stereocenters. The van der Waals surface area contributed by atoms with Crippen molar-refractivity contribution in [3.05, 3.63) is 58.1 Å². The molecular weight excluding hydrogens is 543 g/mol. The van der Waals surface area contributed by atoms with E-state index >= 15 is 0 Å². The summed E-state index contributed by atoms with van der Waals surface area (Å²) < 4.78 is 73.8. The van der Waals surface area contributed by atoms with E-state index in [2.05, 4.69) is 0 Å². The van der Waals surface area contributed by atoms with Gasteiger partial charge in [-0.05, 0) is 72.9 Å². The highest BCUT2D eigenvalue weighted by molar-refractivity contribution is 7.89. The molecule has 3 aliphatic rings. The first-order chi connectivity index (χ1) is 17.8. The summed E-state index contributed by atoms with van der Waals surface area (Å²) in [6.07, 6.45) is -0.494. The third-order valence-electron chi connectivity index (χ3n) is 8.22. The van der Waals surface area contributed by atoms with Crippen LogP contribution in [0.15, 0.2) is 41.3 Å². The molecule has 2 aromatic rings. The Morgan fingerprint density at radius 3 is 2.42 bits per heavy atom. The molecule has 1 aliphatic carbocycles. The quantitative estimate of drug-likeness (QED) is 0.451. The van der Waals surface area contributed by atoms with Crippen molar-refractivity contribution in [3.8, 4) is 5.75 Å². The van der Waals surface area contributed by atoms with E-state index in [1.165, 1.54) is 4.31 Å². The molecule has 1 N–H and O–H groups in total. The van der Waals surface area contributed by atoms with Crippen LogP contribution in [0.3, 0.4) is 0 Å². The smallest absolute Gasteiger partial charge is 0.416 e. The number of nitrogens with zero attached hydrogens (tertiary/aromatic N) is 1. The van der Waals surface area contributed by atoms with Gasteiger partial charge in [-0.1, -0.05) is 30.7 Å². The van der Waals surface area contributed by atoms with Crippen molar-refractivity contribution in [1.29, 1.82) is 0 Å². The molecule has 0 aromatic heterocycles. The summed E-state index contributed by atoms with van der Waals surface area (Å²) in [7, 11) is -4.24. The lowest BCUT2D eigenvalue weighted by atomic mass is 9.80. The van der Waals surface area contributed by atoms with Gasteiger partial charge in [-0.15, -0.1) is 0 Å². The topological polar surface area (TPSA) is 83.9 Å². The SMILES string of the molecule is C[C@H](C(=O)O)C(c1ccc2c(c1)OC1(CC2)CCN(S(=O)(=O)c2cc(C(F)(F)F)ccc2Cl)CC1)C1CC1. The zero-order valence-corrected chi connectivity index (χ0v) is 22.4. The maximum absolute atomic E-state index is 13.3. The zero-order chi connectivity index (χ0) is 27.5. The lowest BCUT2D eigenvalue weighted by Crippen LogP contribution is -2.51. The van der Waals surface area contributed by atoms with Crippen molar-refractivity contribution in [1.82, 2.24) is 4.31 Å². The van der Waals surface area contributed by atoms with Crippen LogP contribution >= 0.6 is 11.6 Å². The number of sulfonamides is 1. The summed E-state index contributed by atoms with van der Waals surface area (Å²) in [5, 5.41) is 9.37. The number of aliphatic carboxylic acids is 1. The average molecular weight is 572 g/mol. The Balaban J connectivity index is 1.34. The Morgan fingerprint density at radius 2 is 1.82 bits per heavy atom. The van der Waals surface area contributed by atoms with Crippen LogP contribution in [0.25, 0.3) is 0 Å². The fraction of sp³-hybridized carbons (Fsp3) is 0.519. The second-order valence-corrected chi connectivity index (χ2v) is 13.0. The fourth-order valence-corrected chi connectivity index (χ4v) is 7.75. The summed E-state index contributed by atoms with van der Waals surface area (Å²) in [5.41, 5.74) is 0.307. The highest BCUT2D eigenvalue weighted by Crippen LogP contribution is 2.49. The first-order valence-corrected chi connectivity index (χ1v) is 14.5. The largest absolute Gasteiger partial charge is 0.487 e. The minimum atomic E-state index is -4.69. The number of carboxylic acids is 1. The van der Waals surface area contributed by atoms with Crippen LogP contribution < -0.4 is 4.74 Å².